The van der Waals surface area contributed by atoms with Gasteiger partial charge in [0.2, 0.25) is 0 Å². The average Bonchev–Trinajstić information content (AvgIpc) is 2.37. The molecule has 1 amide bonds. The Morgan fingerprint density at radius 1 is 1.00 bits per heavy atom. The fourth-order valence-electron chi connectivity index (χ4n) is 1.62. The van der Waals surface area contributed by atoms with Gasteiger partial charge in [-0.15, -0.1) is 0 Å². The number of halogens is 3. The largest absolute Gasteiger partial charge is 0.320 e. The lowest BCUT2D eigenvalue weighted by molar-refractivity contribution is 0.102. The maximum Gasteiger partial charge on any atom is 0.256 e. The van der Waals surface area contributed by atoms with Gasteiger partial charge in [0.25, 0.3) is 5.91 Å². The van der Waals surface area contributed by atoms with Crippen LogP contribution in [0.4, 0.5) is 5.69 Å². The summed E-state index contributed by atoms with van der Waals surface area (Å²) in [6, 6.07) is 11.3. The summed E-state index contributed by atoms with van der Waals surface area (Å²) in [6.45, 7) is 1.95. The van der Waals surface area contributed by atoms with E-state index in [9.17, 15) is 4.79 Å². The Morgan fingerprint density at radius 2 is 1.58 bits per heavy atom. The lowest BCUT2D eigenvalue weighted by atomic mass is 10.1. The van der Waals surface area contributed by atoms with E-state index in [0.29, 0.717) is 5.56 Å². The van der Waals surface area contributed by atoms with Gasteiger partial charge in [-0.2, -0.15) is 0 Å². The van der Waals surface area contributed by atoms with Gasteiger partial charge in [-0.1, -0.05) is 18.2 Å². The van der Waals surface area contributed by atoms with Crippen molar-refractivity contribution in [3.63, 3.8) is 0 Å². The van der Waals surface area contributed by atoms with Crippen LogP contribution in [0.1, 0.15) is 15.9 Å². The molecule has 0 radical (unpaired) electrons. The van der Waals surface area contributed by atoms with Gasteiger partial charge in [0.05, 0.1) is 11.3 Å². The lowest BCUT2D eigenvalue weighted by Gasteiger charge is -2.11. The van der Waals surface area contributed by atoms with Crippen LogP contribution >= 0.6 is 47.8 Å². The van der Waals surface area contributed by atoms with Gasteiger partial charge in [-0.05, 0) is 78.5 Å². The molecule has 0 aliphatic rings. The van der Waals surface area contributed by atoms with Crippen LogP contribution in [-0.2, 0) is 0 Å². The van der Waals surface area contributed by atoms with Crippen molar-refractivity contribution in [1.29, 1.82) is 0 Å². The maximum absolute atomic E-state index is 12.3. The molecule has 2 nitrogen and oxygen atoms in total. The van der Waals surface area contributed by atoms with Crippen molar-refractivity contribution in [3.8, 4) is 0 Å². The minimum atomic E-state index is -0.150. The van der Waals surface area contributed by atoms with Gasteiger partial charge in [0.15, 0.2) is 0 Å². The third-order valence-electron chi connectivity index (χ3n) is 2.64. The number of benzene rings is 2. The van der Waals surface area contributed by atoms with Crippen LogP contribution in [0.5, 0.6) is 0 Å². The highest BCUT2D eigenvalue weighted by molar-refractivity contribution is 9.11. The number of carbonyl (C=O) groups excluding carboxylic acids is 1. The molecule has 0 heterocycles. The first-order valence-corrected chi connectivity index (χ1v) is 7.89. The Morgan fingerprint density at radius 3 is 2.21 bits per heavy atom. The molecule has 0 saturated heterocycles. The van der Waals surface area contributed by atoms with Gasteiger partial charge < -0.3 is 5.32 Å². The van der Waals surface area contributed by atoms with E-state index in [-0.39, 0.29) is 5.91 Å². The molecule has 0 unspecified atom stereocenters. The average molecular weight is 448 g/mol. The second-order valence-corrected chi connectivity index (χ2v) is 6.49. The first-order valence-electron chi connectivity index (χ1n) is 5.51. The van der Waals surface area contributed by atoms with Crippen molar-refractivity contribution in [1.82, 2.24) is 0 Å². The molecule has 2 aromatic rings. The van der Waals surface area contributed by atoms with E-state index < -0.39 is 0 Å². The summed E-state index contributed by atoms with van der Waals surface area (Å²) in [4.78, 5) is 12.3. The zero-order chi connectivity index (χ0) is 14.0. The highest BCUT2D eigenvalue weighted by atomic mass is 79.9. The first-order chi connectivity index (χ1) is 9.00. The molecule has 2 rings (SSSR count). The predicted octanol–water partition coefficient (Wildman–Crippen LogP) is 5.53. The second kappa shape index (κ2) is 6.20. The van der Waals surface area contributed by atoms with Gasteiger partial charge >= 0.3 is 0 Å². The van der Waals surface area contributed by atoms with Gasteiger partial charge in [0.1, 0.15) is 0 Å². The summed E-state index contributed by atoms with van der Waals surface area (Å²) in [5.41, 5.74) is 2.36. The number of rotatable bonds is 2. The predicted molar refractivity (Wildman–Crippen MR) is 88.7 cm³/mol. The Kier molecular flexibility index (Phi) is 4.81. The number of amides is 1. The van der Waals surface area contributed by atoms with E-state index in [2.05, 4.69) is 53.1 Å². The van der Waals surface area contributed by atoms with Crippen molar-refractivity contribution in [2.45, 2.75) is 6.92 Å². The van der Waals surface area contributed by atoms with Crippen LogP contribution in [0.15, 0.2) is 49.8 Å². The molecule has 0 spiro atoms. The number of hydrogen-bond acceptors (Lipinski definition) is 1. The van der Waals surface area contributed by atoms with E-state index in [4.69, 9.17) is 0 Å². The lowest BCUT2D eigenvalue weighted by Crippen LogP contribution is -2.13. The number of nitrogens with one attached hydrogen (secondary N) is 1. The van der Waals surface area contributed by atoms with Crippen LogP contribution < -0.4 is 5.32 Å². The van der Waals surface area contributed by atoms with E-state index in [0.717, 1.165) is 24.7 Å². The van der Waals surface area contributed by atoms with E-state index >= 15 is 0 Å². The topological polar surface area (TPSA) is 29.1 Å². The van der Waals surface area contributed by atoms with Crippen molar-refractivity contribution < 1.29 is 4.79 Å². The zero-order valence-corrected chi connectivity index (χ0v) is 14.8. The Labute approximate surface area is 137 Å². The SMILES string of the molecule is Cc1cccc(C(=O)Nc2c(Br)cccc2Br)c1Br. The number of para-hydroxylation sites is 1. The molecule has 0 saturated carbocycles. The molecule has 0 aromatic heterocycles. The summed E-state index contributed by atoms with van der Waals surface area (Å²) in [7, 11) is 0. The normalized spacial score (nSPS) is 10.3. The standard InChI is InChI=1S/C14H10Br3NO/c1-8-4-2-5-9(12(8)17)14(19)18-13-10(15)6-3-7-11(13)16/h2-7H,1H3,(H,18,19). The monoisotopic (exact) mass is 445 g/mol. The molecule has 1 N–H and O–H groups in total. The van der Waals surface area contributed by atoms with Gasteiger partial charge in [-0.25, -0.2) is 0 Å². The summed E-state index contributed by atoms with van der Waals surface area (Å²) in [6.07, 6.45) is 0. The quantitative estimate of drug-likeness (QED) is 0.643. The molecule has 2 aromatic carbocycles. The third-order valence-corrected chi connectivity index (χ3v) is 5.01. The Bertz CT molecular complexity index is 620. The number of carbonyl (C=O) groups is 1. The van der Waals surface area contributed by atoms with Gasteiger partial charge in [-0.3, -0.25) is 4.79 Å². The molecular formula is C14H10Br3NO. The summed E-state index contributed by atoms with van der Waals surface area (Å²) < 4.78 is 2.48. The minimum absolute atomic E-state index is 0.150. The van der Waals surface area contributed by atoms with Crippen molar-refractivity contribution in [2.24, 2.45) is 0 Å². The number of anilines is 1. The van der Waals surface area contributed by atoms with E-state index in [1.165, 1.54) is 0 Å². The van der Waals surface area contributed by atoms with Crippen LogP contribution in [0.3, 0.4) is 0 Å². The fraction of sp³-hybridized carbons (Fsp3) is 0.0714. The summed E-state index contributed by atoms with van der Waals surface area (Å²) in [5.74, 6) is -0.150. The van der Waals surface area contributed by atoms with Crippen LogP contribution in [0.2, 0.25) is 0 Å². The van der Waals surface area contributed by atoms with Crippen LogP contribution in [-0.4, -0.2) is 5.91 Å². The summed E-state index contributed by atoms with van der Waals surface area (Å²) in [5, 5.41) is 2.90. The summed E-state index contributed by atoms with van der Waals surface area (Å²) >= 11 is 10.3. The minimum Gasteiger partial charge on any atom is -0.320 e. The van der Waals surface area contributed by atoms with E-state index in [1.54, 1.807) is 6.07 Å². The molecule has 5 heteroatoms. The zero-order valence-electron chi connectivity index (χ0n) is 10.0. The molecule has 0 bridgehead atoms. The Balaban J connectivity index is 2.34. The fourth-order valence-corrected chi connectivity index (χ4v) is 3.26. The highest BCUT2D eigenvalue weighted by Gasteiger charge is 2.14. The molecule has 19 heavy (non-hydrogen) atoms. The number of aryl methyl sites for hydroxylation is 1. The van der Waals surface area contributed by atoms with Crippen LogP contribution in [0, 0.1) is 6.92 Å². The smallest absolute Gasteiger partial charge is 0.256 e. The van der Waals surface area contributed by atoms with Crippen molar-refractivity contribution in [3.05, 3.63) is 60.9 Å². The van der Waals surface area contributed by atoms with Crippen molar-refractivity contribution in [2.75, 3.05) is 5.32 Å². The van der Waals surface area contributed by atoms with Crippen molar-refractivity contribution >= 4 is 59.4 Å². The third kappa shape index (κ3) is 3.27. The Hall–Kier alpha value is -0.650. The molecule has 0 aliphatic heterocycles. The molecule has 98 valence electrons. The maximum atomic E-state index is 12.3. The first kappa shape index (κ1) is 14.8. The molecular weight excluding hydrogens is 438 g/mol. The number of hydrogen-bond donors (Lipinski definition) is 1. The van der Waals surface area contributed by atoms with Crippen LogP contribution in [0.25, 0.3) is 0 Å². The van der Waals surface area contributed by atoms with E-state index in [1.807, 2.05) is 37.3 Å². The van der Waals surface area contributed by atoms with Gasteiger partial charge in [0, 0.05) is 13.4 Å². The molecule has 0 fully saturated rings. The highest BCUT2D eigenvalue weighted by Crippen LogP contribution is 2.31. The molecule has 0 atom stereocenters. The molecule has 0 aliphatic carbocycles. The second-order valence-electron chi connectivity index (χ2n) is 3.99.